The molecular formula is C21H23F3N3O2+. The maximum atomic E-state index is 12.7. The molecule has 0 unspecified atom stereocenters. The van der Waals surface area contributed by atoms with Crippen molar-refractivity contribution in [2.24, 2.45) is 0 Å². The van der Waals surface area contributed by atoms with E-state index in [9.17, 15) is 18.0 Å². The van der Waals surface area contributed by atoms with Crippen LogP contribution in [0.3, 0.4) is 0 Å². The van der Waals surface area contributed by atoms with E-state index in [0.717, 1.165) is 30.9 Å². The molecule has 1 saturated heterocycles. The third kappa shape index (κ3) is 4.46. The van der Waals surface area contributed by atoms with Gasteiger partial charge in [0.05, 0.1) is 18.7 Å². The maximum absolute atomic E-state index is 12.7. The van der Waals surface area contributed by atoms with Crippen LogP contribution >= 0.6 is 0 Å². The average molecular weight is 406 g/mol. The molecule has 4 rings (SSSR count). The van der Waals surface area contributed by atoms with E-state index in [1.165, 1.54) is 23.6 Å². The first-order valence-corrected chi connectivity index (χ1v) is 9.76. The molecule has 0 spiro atoms. The summed E-state index contributed by atoms with van der Waals surface area (Å²) in [5.41, 5.74) is 1.95. The highest BCUT2D eigenvalue weighted by Crippen LogP contribution is 2.28. The Morgan fingerprint density at radius 1 is 1.03 bits per heavy atom. The van der Waals surface area contributed by atoms with Gasteiger partial charge in [-0.25, -0.2) is 4.98 Å². The van der Waals surface area contributed by atoms with E-state index >= 15 is 0 Å². The molecule has 2 aliphatic rings. The number of rotatable bonds is 4. The van der Waals surface area contributed by atoms with Crippen molar-refractivity contribution in [1.82, 2.24) is 4.90 Å². The lowest BCUT2D eigenvalue weighted by Crippen LogP contribution is -2.51. The first-order chi connectivity index (χ1) is 13.9. The molecule has 1 aliphatic heterocycles. The largest absolute Gasteiger partial charge is 0.484 e. The van der Waals surface area contributed by atoms with Crippen molar-refractivity contribution in [2.75, 3.05) is 37.7 Å². The van der Waals surface area contributed by atoms with Crippen LogP contribution in [0.15, 0.2) is 36.5 Å². The van der Waals surface area contributed by atoms with Gasteiger partial charge in [-0.1, -0.05) is 6.07 Å². The number of aryl methyl sites for hydroxylation is 2. The van der Waals surface area contributed by atoms with Crippen LogP contribution in [0, 0.1) is 0 Å². The molecule has 0 saturated carbocycles. The Labute approximate surface area is 167 Å². The van der Waals surface area contributed by atoms with Gasteiger partial charge < -0.3 is 9.64 Å². The molecule has 0 atom stereocenters. The van der Waals surface area contributed by atoms with Crippen LogP contribution in [0.5, 0.6) is 5.75 Å². The standard InChI is InChI=1S/C21H22F3N3O2/c22-21(23,24)17-5-7-19(25-13-17)26-8-10-27(11-9-26)20(28)14-29-18-6-4-15-2-1-3-16(15)12-18/h4-7,12-13H,1-3,8-11,14H2/p+1. The van der Waals surface area contributed by atoms with Gasteiger partial charge in [0.25, 0.3) is 11.7 Å². The number of ether oxygens (including phenoxy) is 1. The molecule has 0 radical (unpaired) electrons. The lowest BCUT2D eigenvalue weighted by Gasteiger charge is -2.31. The Morgan fingerprint density at radius 2 is 1.79 bits per heavy atom. The van der Waals surface area contributed by atoms with E-state index in [1.54, 1.807) is 4.90 Å². The Morgan fingerprint density at radius 3 is 2.48 bits per heavy atom. The fourth-order valence-corrected chi connectivity index (χ4v) is 3.86. The number of carbonyl (C=O) groups excluding carboxylic acids is 1. The van der Waals surface area contributed by atoms with Crippen molar-refractivity contribution in [1.29, 1.82) is 0 Å². The molecule has 2 heterocycles. The second kappa shape index (κ2) is 7.93. The number of aromatic amines is 1. The highest BCUT2D eigenvalue weighted by atomic mass is 19.4. The van der Waals surface area contributed by atoms with E-state index in [0.29, 0.717) is 32.0 Å². The zero-order valence-electron chi connectivity index (χ0n) is 16.0. The number of piperazine rings is 1. The molecule has 1 N–H and O–H groups in total. The van der Waals surface area contributed by atoms with E-state index in [1.807, 2.05) is 17.0 Å². The van der Waals surface area contributed by atoms with E-state index in [-0.39, 0.29) is 12.5 Å². The van der Waals surface area contributed by atoms with Crippen molar-refractivity contribution in [3.05, 3.63) is 53.2 Å². The van der Waals surface area contributed by atoms with Crippen molar-refractivity contribution in [3.8, 4) is 5.75 Å². The summed E-state index contributed by atoms with van der Waals surface area (Å²) in [5.74, 6) is 1.25. The molecule has 1 fully saturated rings. The topological polar surface area (TPSA) is 46.9 Å². The number of halogens is 3. The highest BCUT2D eigenvalue weighted by Gasteiger charge is 2.33. The fourth-order valence-electron chi connectivity index (χ4n) is 3.86. The minimum absolute atomic E-state index is 0.00874. The molecule has 29 heavy (non-hydrogen) atoms. The number of pyridine rings is 1. The normalized spacial score (nSPS) is 16.7. The summed E-state index contributed by atoms with van der Waals surface area (Å²) in [6, 6.07) is 8.50. The molecule has 1 aromatic carbocycles. The van der Waals surface area contributed by atoms with Gasteiger partial charge in [-0.05, 0) is 48.6 Å². The second-order valence-electron chi connectivity index (χ2n) is 7.40. The van der Waals surface area contributed by atoms with Crippen molar-refractivity contribution in [3.63, 3.8) is 0 Å². The summed E-state index contributed by atoms with van der Waals surface area (Å²) in [5, 5.41) is 0. The molecule has 8 heteroatoms. The van der Waals surface area contributed by atoms with Gasteiger partial charge in [0.1, 0.15) is 25.0 Å². The fraction of sp³-hybridized carbons (Fsp3) is 0.429. The van der Waals surface area contributed by atoms with Crippen LogP contribution in [-0.4, -0.2) is 43.6 Å². The maximum Gasteiger partial charge on any atom is 0.419 e. The summed E-state index contributed by atoms with van der Waals surface area (Å²) in [6.45, 7) is 2.09. The van der Waals surface area contributed by atoms with E-state index in [2.05, 4.69) is 11.1 Å². The summed E-state index contributed by atoms with van der Waals surface area (Å²) in [6.07, 6.45) is -0.0623. The van der Waals surface area contributed by atoms with Crippen LogP contribution in [-0.2, 0) is 23.8 Å². The smallest absolute Gasteiger partial charge is 0.419 e. The van der Waals surface area contributed by atoms with Crippen molar-refractivity contribution in [2.45, 2.75) is 25.4 Å². The third-order valence-corrected chi connectivity index (χ3v) is 5.53. The van der Waals surface area contributed by atoms with E-state index in [4.69, 9.17) is 4.74 Å². The number of hydrogen-bond acceptors (Lipinski definition) is 3. The minimum atomic E-state index is -4.36. The number of hydrogen-bond donors (Lipinski definition) is 0. The summed E-state index contributed by atoms with van der Waals surface area (Å²) >= 11 is 0. The quantitative estimate of drug-likeness (QED) is 0.785. The van der Waals surface area contributed by atoms with Crippen LogP contribution in [0.2, 0.25) is 0 Å². The molecule has 1 aromatic heterocycles. The van der Waals surface area contributed by atoms with Crippen LogP contribution in [0.25, 0.3) is 0 Å². The van der Waals surface area contributed by atoms with Crippen molar-refractivity contribution < 1.29 is 27.7 Å². The van der Waals surface area contributed by atoms with Crippen LogP contribution in [0.4, 0.5) is 19.0 Å². The predicted molar refractivity (Wildman–Crippen MR) is 101 cm³/mol. The number of nitrogens with zero attached hydrogens (tertiary/aromatic N) is 2. The molecule has 0 bridgehead atoms. The number of aromatic nitrogens is 1. The van der Waals surface area contributed by atoms with Gasteiger partial charge in [0.2, 0.25) is 0 Å². The summed E-state index contributed by atoms with van der Waals surface area (Å²) < 4.78 is 43.7. The van der Waals surface area contributed by atoms with E-state index < -0.39 is 11.7 Å². The number of alkyl halides is 3. The summed E-state index contributed by atoms with van der Waals surface area (Å²) in [7, 11) is 0. The predicted octanol–water partition coefficient (Wildman–Crippen LogP) is 2.74. The Balaban J connectivity index is 1.27. The Bertz CT molecular complexity index is 876. The minimum Gasteiger partial charge on any atom is -0.484 e. The third-order valence-electron chi connectivity index (χ3n) is 5.53. The molecule has 1 aliphatic carbocycles. The number of nitrogens with one attached hydrogen (secondary N) is 1. The number of anilines is 1. The monoisotopic (exact) mass is 406 g/mol. The molecule has 5 nitrogen and oxygen atoms in total. The number of H-pyrrole nitrogens is 1. The lowest BCUT2D eigenvalue weighted by molar-refractivity contribution is -0.367. The number of fused-ring (bicyclic) bond motifs is 1. The first kappa shape index (κ1) is 19.5. The van der Waals surface area contributed by atoms with Gasteiger partial charge in [-0.15, -0.1) is 0 Å². The number of amides is 1. The average Bonchev–Trinajstić information content (AvgIpc) is 3.19. The second-order valence-corrected chi connectivity index (χ2v) is 7.40. The first-order valence-electron chi connectivity index (χ1n) is 9.76. The number of benzene rings is 1. The van der Waals surface area contributed by atoms with Crippen LogP contribution in [0.1, 0.15) is 23.1 Å². The zero-order valence-corrected chi connectivity index (χ0v) is 16.0. The Hall–Kier alpha value is -2.77. The van der Waals surface area contributed by atoms with Gasteiger partial charge in [-0.3, -0.25) is 9.69 Å². The Kier molecular flexibility index (Phi) is 5.34. The van der Waals surface area contributed by atoms with Gasteiger partial charge in [0.15, 0.2) is 6.61 Å². The van der Waals surface area contributed by atoms with Crippen LogP contribution < -0.4 is 14.6 Å². The molecule has 1 amide bonds. The zero-order chi connectivity index (χ0) is 20.4. The SMILES string of the molecule is O=C(COc1ccc2c(c1)CCC2)N1CCN(c2ccc(C(F)(F)F)c[nH+]2)CC1. The van der Waals surface area contributed by atoms with Gasteiger partial charge in [0, 0.05) is 6.07 Å². The van der Waals surface area contributed by atoms with Gasteiger partial charge in [-0.2, -0.15) is 13.2 Å². The number of carbonyl (C=O) groups is 1. The molecular weight excluding hydrogens is 383 g/mol. The lowest BCUT2D eigenvalue weighted by atomic mass is 10.1. The van der Waals surface area contributed by atoms with Gasteiger partial charge >= 0.3 is 6.18 Å². The van der Waals surface area contributed by atoms with Crippen molar-refractivity contribution >= 4 is 11.7 Å². The molecule has 2 aromatic rings. The highest BCUT2D eigenvalue weighted by molar-refractivity contribution is 5.78. The molecule has 154 valence electrons. The summed E-state index contributed by atoms with van der Waals surface area (Å²) in [4.78, 5) is 18.8.